The van der Waals surface area contributed by atoms with Crippen molar-refractivity contribution in [1.82, 2.24) is 4.98 Å². The molecule has 0 saturated heterocycles. The second-order valence-electron chi connectivity index (χ2n) is 5.05. The lowest BCUT2D eigenvalue weighted by atomic mass is 10.2. The topological polar surface area (TPSA) is 77.9 Å². The smallest absolute Gasteiger partial charge is 0.354 e. The van der Waals surface area contributed by atoms with Gasteiger partial charge in [0.1, 0.15) is 5.69 Å². The van der Waals surface area contributed by atoms with Crippen LogP contribution in [-0.4, -0.2) is 17.6 Å². The number of anilines is 1. The van der Waals surface area contributed by atoms with Gasteiger partial charge in [-0.15, -0.1) is 0 Å². The van der Waals surface area contributed by atoms with Crippen LogP contribution in [0.4, 0.5) is 5.69 Å². The highest BCUT2D eigenvalue weighted by atomic mass is 32.2. The molecule has 2 aromatic carbocycles. The van der Waals surface area contributed by atoms with Crippen LogP contribution in [0.1, 0.15) is 23.0 Å². The molecular formula is C18H15N3O2S. The summed E-state index contributed by atoms with van der Waals surface area (Å²) in [7, 11) is 0. The summed E-state index contributed by atoms with van der Waals surface area (Å²) in [6, 6.07) is 17.1. The van der Waals surface area contributed by atoms with E-state index in [0.29, 0.717) is 17.9 Å². The van der Waals surface area contributed by atoms with Gasteiger partial charge in [0, 0.05) is 21.5 Å². The molecule has 0 fully saturated rings. The number of rotatable bonds is 5. The SMILES string of the molecule is CCOC(=O)c1cc2cc(NSc3cccc(C#N)c3)ccc2[nH]1. The molecule has 0 saturated carbocycles. The highest BCUT2D eigenvalue weighted by Crippen LogP contribution is 2.25. The zero-order chi connectivity index (χ0) is 16.9. The molecule has 0 aliphatic rings. The average Bonchev–Trinajstić information content (AvgIpc) is 3.04. The van der Waals surface area contributed by atoms with Crippen molar-refractivity contribution < 1.29 is 9.53 Å². The fourth-order valence-electron chi connectivity index (χ4n) is 2.26. The van der Waals surface area contributed by atoms with Gasteiger partial charge in [-0.25, -0.2) is 4.79 Å². The molecule has 24 heavy (non-hydrogen) atoms. The minimum atomic E-state index is -0.356. The number of hydrogen-bond donors (Lipinski definition) is 2. The standard InChI is InChI=1S/C18H15N3O2S/c1-2-23-18(22)17-10-13-9-14(6-7-16(13)20-17)21-24-15-5-3-4-12(8-15)11-19/h3-10,20-21H,2H2,1H3. The number of esters is 1. The average molecular weight is 337 g/mol. The number of fused-ring (bicyclic) bond motifs is 1. The first-order chi connectivity index (χ1) is 11.7. The highest BCUT2D eigenvalue weighted by molar-refractivity contribution is 8.00. The molecular weight excluding hydrogens is 322 g/mol. The molecule has 0 radical (unpaired) electrons. The number of carbonyl (C=O) groups excluding carboxylic acids is 1. The van der Waals surface area contributed by atoms with Crippen molar-refractivity contribution in [2.24, 2.45) is 0 Å². The van der Waals surface area contributed by atoms with Gasteiger partial charge >= 0.3 is 5.97 Å². The summed E-state index contributed by atoms with van der Waals surface area (Å²) < 4.78 is 8.24. The molecule has 2 N–H and O–H groups in total. The van der Waals surface area contributed by atoms with Crippen LogP contribution in [0.2, 0.25) is 0 Å². The number of H-pyrrole nitrogens is 1. The first-order valence-electron chi connectivity index (χ1n) is 7.42. The minimum Gasteiger partial charge on any atom is -0.461 e. The van der Waals surface area contributed by atoms with E-state index in [1.807, 2.05) is 36.4 Å². The molecule has 0 atom stereocenters. The number of nitriles is 1. The largest absolute Gasteiger partial charge is 0.461 e. The van der Waals surface area contributed by atoms with Crippen LogP contribution in [0.3, 0.4) is 0 Å². The van der Waals surface area contributed by atoms with Crippen molar-refractivity contribution in [3.05, 3.63) is 59.8 Å². The van der Waals surface area contributed by atoms with Crippen LogP contribution < -0.4 is 4.72 Å². The summed E-state index contributed by atoms with van der Waals surface area (Å²) >= 11 is 1.43. The molecule has 0 bridgehead atoms. The molecule has 120 valence electrons. The Bertz CT molecular complexity index is 927. The molecule has 1 aromatic heterocycles. The number of aromatic amines is 1. The van der Waals surface area contributed by atoms with Crippen molar-refractivity contribution >= 4 is 34.5 Å². The maximum Gasteiger partial charge on any atom is 0.354 e. The van der Waals surface area contributed by atoms with E-state index < -0.39 is 0 Å². The molecule has 6 heteroatoms. The van der Waals surface area contributed by atoms with Gasteiger partial charge in [-0.05, 0) is 61.3 Å². The highest BCUT2D eigenvalue weighted by Gasteiger charge is 2.10. The molecule has 0 aliphatic heterocycles. The van der Waals surface area contributed by atoms with Crippen molar-refractivity contribution in [2.75, 3.05) is 11.3 Å². The zero-order valence-electron chi connectivity index (χ0n) is 13.0. The Balaban J connectivity index is 1.75. The number of nitrogens with one attached hydrogen (secondary N) is 2. The maximum atomic E-state index is 11.8. The third-order valence-corrected chi connectivity index (χ3v) is 4.19. The normalized spacial score (nSPS) is 10.3. The van der Waals surface area contributed by atoms with E-state index in [1.54, 1.807) is 19.1 Å². The second kappa shape index (κ2) is 7.11. The maximum absolute atomic E-state index is 11.8. The quantitative estimate of drug-likeness (QED) is 0.535. The fourth-order valence-corrected chi connectivity index (χ4v) is 2.96. The molecule has 3 aromatic rings. The zero-order valence-corrected chi connectivity index (χ0v) is 13.8. The summed E-state index contributed by atoms with van der Waals surface area (Å²) in [5.74, 6) is -0.356. The van der Waals surface area contributed by atoms with Gasteiger partial charge in [-0.2, -0.15) is 5.26 Å². The summed E-state index contributed by atoms with van der Waals surface area (Å²) in [6.45, 7) is 2.13. The Kier molecular flexibility index (Phi) is 4.73. The Morgan fingerprint density at radius 2 is 2.17 bits per heavy atom. The van der Waals surface area contributed by atoms with Crippen LogP contribution in [-0.2, 0) is 4.74 Å². The van der Waals surface area contributed by atoms with E-state index in [1.165, 1.54) is 11.9 Å². The molecule has 0 amide bonds. The van der Waals surface area contributed by atoms with Crippen molar-refractivity contribution in [1.29, 1.82) is 5.26 Å². The van der Waals surface area contributed by atoms with E-state index in [2.05, 4.69) is 15.8 Å². The summed E-state index contributed by atoms with van der Waals surface area (Å²) in [6.07, 6.45) is 0. The van der Waals surface area contributed by atoms with Gasteiger partial charge in [-0.3, -0.25) is 0 Å². The van der Waals surface area contributed by atoms with Crippen molar-refractivity contribution in [3.8, 4) is 6.07 Å². The van der Waals surface area contributed by atoms with Crippen LogP contribution in [0, 0.1) is 11.3 Å². The van der Waals surface area contributed by atoms with Gasteiger partial charge in [0.2, 0.25) is 0 Å². The van der Waals surface area contributed by atoms with E-state index >= 15 is 0 Å². The Hall–Kier alpha value is -2.91. The Labute approximate surface area is 143 Å². The monoisotopic (exact) mass is 337 g/mol. The van der Waals surface area contributed by atoms with Gasteiger partial charge in [0.15, 0.2) is 0 Å². The lowest BCUT2D eigenvalue weighted by Crippen LogP contribution is -2.04. The van der Waals surface area contributed by atoms with E-state index in [9.17, 15) is 4.79 Å². The first kappa shape index (κ1) is 16.0. The molecule has 1 heterocycles. The van der Waals surface area contributed by atoms with E-state index in [-0.39, 0.29) is 5.97 Å². The van der Waals surface area contributed by atoms with Crippen LogP contribution in [0.25, 0.3) is 10.9 Å². The van der Waals surface area contributed by atoms with Crippen molar-refractivity contribution in [2.45, 2.75) is 11.8 Å². The van der Waals surface area contributed by atoms with Crippen LogP contribution in [0.5, 0.6) is 0 Å². The Morgan fingerprint density at radius 1 is 1.29 bits per heavy atom. The number of ether oxygens (including phenoxy) is 1. The predicted molar refractivity (Wildman–Crippen MR) is 94.9 cm³/mol. The molecule has 0 unspecified atom stereocenters. The third-order valence-electron chi connectivity index (χ3n) is 3.37. The summed E-state index contributed by atoms with van der Waals surface area (Å²) in [5, 5.41) is 9.86. The minimum absolute atomic E-state index is 0.347. The van der Waals surface area contributed by atoms with E-state index in [0.717, 1.165) is 21.5 Å². The molecule has 3 rings (SSSR count). The molecule has 5 nitrogen and oxygen atoms in total. The molecule has 0 aliphatic carbocycles. The third kappa shape index (κ3) is 3.53. The fraction of sp³-hybridized carbons (Fsp3) is 0.111. The number of carbonyl (C=O) groups is 1. The van der Waals surface area contributed by atoms with Crippen LogP contribution >= 0.6 is 11.9 Å². The van der Waals surface area contributed by atoms with Crippen molar-refractivity contribution in [3.63, 3.8) is 0 Å². The second-order valence-corrected chi connectivity index (χ2v) is 5.93. The summed E-state index contributed by atoms with van der Waals surface area (Å²) in [4.78, 5) is 15.8. The number of hydrogen-bond acceptors (Lipinski definition) is 5. The van der Waals surface area contributed by atoms with Gasteiger partial charge in [0.25, 0.3) is 0 Å². The van der Waals surface area contributed by atoms with E-state index in [4.69, 9.17) is 10.00 Å². The number of aromatic nitrogens is 1. The Morgan fingerprint density at radius 3 is 2.96 bits per heavy atom. The predicted octanol–water partition coefficient (Wildman–Crippen LogP) is 4.34. The lowest BCUT2D eigenvalue weighted by molar-refractivity contribution is 0.0520. The van der Waals surface area contributed by atoms with Gasteiger partial charge in [-0.1, -0.05) is 6.07 Å². The van der Waals surface area contributed by atoms with Gasteiger partial charge < -0.3 is 14.4 Å². The van der Waals surface area contributed by atoms with Gasteiger partial charge in [0.05, 0.1) is 18.2 Å². The molecule has 0 spiro atoms. The lowest BCUT2D eigenvalue weighted by Gasteiger charge is -2.05. The van der Waals surface area contributed by atoms with Crippen LogP contribution in [0.15, 0.2) is 53.4 Å². The number of benzene rings is 2. The first-order valence-corrected chi connectivity index (χ1v) is 8.24. The summed E-state index contributed by atoms with van der Waals surface area (Å²) in [5.41, 5.74) is 2.85. The number of nitrogens with zero attached hydrogens (tertiary/aromatic N) is 1.